The van der Waals surface area contributed by atoms with Crippen molar-refractivity contribution in [1.29, 1.82) is 0 Å². The van der Waals surface area contributed by atoms with Crippen molar-refractivity contribution in [3.8, 4) is 0 Å². The summed E-state index contributed by atoms with van der Waals surface area (Å²) < 4.78 is 1.64. The lowest BCUT2D eigenvalue weighted by Gasteiger charge is -2.08. The highest BCUT2D eigenvalue weighted by Crippen LogP contribution is 2.08. The van der Waals surface area contributed by atoms with E-state index in [4.69, 9.17) is 0 Å². The predicted octanol–water partition coefficient (Wildman–Crippen LogP) is -1.47. The molecular formula is C9H13N5O2. The van der Waals surface area contributed by atoms with Gasteiger partial charge in [-0.05, 0) is 0 Å². The molecule has 1 aliphatic rings. The summed E-state index contributed by atoms with van der Waals surface area (Å²) >= 11 is 0. The Bertz CT molecular complexity index is 375. The third-order valence-corrected chi connectivity index (χ3v) is 2.46. The van der Waals surface area contributed by atoms with Gasteiger partial charge < -0.3 is 10.6 Å². The normalized spacial score (nSPS) is 19.5. The van der Waals surface area contributed by atoms with Crippen molar-refractivity contribution in [2.45, 2.75) is 13.0 Å². The molecule has 7 heteroatoms. The molecule has 0 spiro atoms. The highest BCUT2D eigenvalue weighted by molar-refractivity contribution is 5.89. The van der Waals surface area contributed by atoms with E-state index in [1.807, 2.05) is 0 Å². The van der Waals surface area contributed by atoms with Crippen LogP contribution in [0.25, 0.3) is 0 Å². The second kappa shape index (κ2) is 4.73. The monoisotopic (exact) mass is 223 g/mol. The molecule has 0 radical (unpaired) electrons. The second-order valence-electron chi connectivity index (χ2n) is 3.66. The lowest BCUT2D eigenvalue weighted by Crippen LogP contribution is -2.34. The summed E-state index contributed by atoms with van der Waals surface area (Å²) in [5.41, 5.74) is 0. The first-order valence-corrected chi connectivity index (χ1v) is 5.14. The zero-order chi connectivity index (χ0) is 11.4. The summed E-state index contributed by atoms with van der Waals surface area (Å²) in [6.07, 6.45) is 3.60. The molecule has 2 heterocycles. The van der Waals surface area contributed by atoms with E-state index in [2.05, 4.69) is 20.9 Å². The molecule has 0 aliphatic carbocycles. The fraction of sp³-hybridized carbons (Fsp3) is 0.556. The molecule has 1 saturated heterocycles. The fourth-order valence-corrected chi connectivity index (χ4v) is 1.58. The van der Waals surface area contributed by atoms with Crippen LogP contribution in [0.2, 0.25) is 0 Å². The van der Waals surface area contributed by atoms with Crippen LogP contribution < -0.4 is 10.6 Å². The fourth-order valence-electron chi connectivity index (χ4n) is 1.58. The van der Waals surface area contributed by atoms with Gasteiger partial charge in [-0.1, -0.05) is 5.21 Å². The molecule has 0 aromatic carbocycles. The Morgan fingerprint density at radius 1 is 1.69 bits per heavy atom. The maximum absolute atomic E-state index is 11.6. The van der Waals surface area contributed by atoms with Crippen molar-refractivity contribution in [3.63, 3.8) is 0 Å². The van der Waals surface area contributed by atoms with Crippen LogP contribution in [0.4, 0.5) is 0 Å². The van der Waals surface area contributed by atoms with E-state index >= 15 is 0 Å². The van der Waals surface area contributed by atoms with Gasteiger partial charge in [0.2, 0.25) is 11.8 Å². The molecule has 2 rings (SSSR count). The molecule has 2 N–H and O–H groups in total. The molecule has 1 fully saturated rings. The van der Waals surface area contributed by atoms with Gasteiger partial charge in [0.1, 0.15) is 0 Å². The first-order chi connectivity index (χ1) is 7.75. The van der Waals surface area contributed by atoms with Crippen molar-refractivity contribution >= 4 is 11.8 Å². The number of nitrogens with one attached hydrogen (secondary N) is 2. The number of amides is 2. The Hall–Kier alpha value is -1.92. The first-order valence-electron chi connectivity index (χ1n) is 5.14. The van der Waals surface area contributed by atoms with Crippen LogP contribution in [0.3, 0.4) is 0 Å². The van der Waals surface area contributed by atoms with Crippen molar-refractivity contribution in [1.82, 2.24) is 25.6 Å². The van der Waals surface area contributed by atoms with Crippen LogP contribution >= 0.6 is 0 Å². The van der Waals surface area contributed by atoms with Gasteiger partial charge in [0, 0.05) is 25.7 Å². The molecule has 1 aromatic rings. The van der Waals surface area contributed by atoms with Crippen LogP contribution in [0, 0.1) is 5.92 Å². The number of aromatic nitrogens is 3. The Morgan fingerprint density at radius 2 is 2.56 bits per heavy atom. The van der Waals surface area contributed by atoms with Gasteiger partial charge in [-0.15, -0.1) is 5.10 Å². The van der Waals surface area contributed by atoms with Gasteiger partial charge in [-0.2, -0.15) is 0 Å². The lowest BCUT2D eigenvalue weighted by atomic mass is 10.1. The summed E-state index contributed by atoms with van der Waals surface area (Å²) in [5.74, 6) is -0.377. The molecule has 16 heavy (non-hydrogen) atoms. The maximum atomic E-state index is 11.6. The average molecular weight is 223 g/mol. The molecule has 0 bridgehead atoms. The standard InChI is InChI=1S/C9H13N5O2/c15-8-5-7(6-11-8)9(16)10-1-3-14-4-2-12-13-14/h2,4,7H,1,3,5-6H2,(H,10,16)(H,11,15). The van der Waals surface area contributed by atoms with Crippen LogP contribution in [0.1, 0.15) is 6.42 Å². The van der Waals surface area contributed by atoms with Crippen LogP contribution in [0.5, 0.6) is 0 Å². The van der Waals surface area contributed by atoms with Crippen molar-refractivity contribution < 1.29 is 9.59 Å². The van der Waals surface area contributed by atoms with E-state index in [0.717, 1.165) is 0 Å². The SMILES string of the molecule is O=C1CC(C(=O)NCCn2ccnn2)CN1. The van der Waals surface area contributed by atoms with E-state index in [1.54, 1.807) is 17.1 Å². The first kappa shape index (κ1) is 10.6. The molecule has 7 nitrogen and oxygen atoms in total. The summed E-state index contributed by atoms with van der Waals surface area (Å²) in [5, 5.41) is 12.8. The zero-order valence-corrected chi connectivity index (χ0v) is 8.72. The van der Waals surface area contributed by atoms with Crippen molar-refractivity contribution in [2.75, 3.05) is 13.1 Å². The Morgan fingerprint density at radius 3 is 3.19 bits per heavy atom. The number of carbonyl (C=O) groups is 2. The molecule has 1 aliphatic heterocycles. The lowest BCUT2D eigenvalue weighted by molar-refractivity contribution is -0.126. The van der Waals surface area contributed by atoms with Crippen molar-refractivity contribution in [2.24, 2.45) is 5.92 Å². The third-order valence-electron chi connectivity index (χ3n) is 2.46. The van der Waals surface area contributed by atoms with E-state index in [9.17, 15) is 9.59 Å². The molecule has 2 amide bonds. The molecule has 1 atom stereocenters. The number of rotatable bonds is 4. The summed E-state index contributed by atoms with van der Waals surface area (Å²) in [7, 11) is 0. The van der Waals surface area contributed by atoms with Crippen molar-refractivity contribution in [3.05, 3.63) is 12.4 Å². The number of carbonyl (C=O) groups excluding carboxylic acids is 2. The van der Waals surface area contributed by atoms with E-state index in [0.29, 0.717) is 19.6 Å². The Labute approximate surface area is 92.2 Å². The third kappa shape index (κ3) is 2.56. The topological polar surface area (TPSA) is 88.9 Å². The molecule has 86 valence electrons. The second-order valence-corrected chi connectivity index (χ2v) is 3.66. The highest BCUT2D eigenvalue weighted by Gasteiger charge is 2.27. The number of hydrogen-bond donors (Lipinski definition) is 2. The van der Waals surface area contributed by atoms with Gasteiger partial charge in [-0.3, -0.25) is 14.3 Å². The summed E-state index contributed by atoms with van der Waals surface area (Å²) in [6, 6.07) is 0. The largest absolute Gasteiger partial charge is 0.355 e. The van der Waals surface area contributed by atoms with Crippen LogP contribution in [-0.4, -0.2) is 39.9 Å². The van der Waals surface area contributed by atoms with E-state index < -0.39 is 0 Å². The minimum atomic E-state index is -0.233. The number of nitrogens with zero attached hydrogens (tertiary/aromatic N) is 3. The molecule has 1 unspecified atom stereocenters. The average Bonchev–Trinajstić information content (AvgIpc) is 2.89. The predicted molar refractivity (Wildman–Crippen MR) is 54.1 cm³/mol. The van der Waals surface area contributed by atoms with Gasteiger partial charge in [-0.25, -0.2) is 0 Å². The minimum Gasteiger partial charge on any atom is -0.355 e. The summed E-state index contributed by atoms with van der Waals surface area (Å²) in [4.78, 5) is 22.5. The Balaban J connectivity index is 1.70. The van der Waals surface area contributed by atoms with E-state index in [-0.39, 0.29) is 24.2 Å². The van der Waals surface area contributed by atoms with Gasteiger partial charge >= 0.3 is 0 Å². The molecule has 0 saturated carbocycles. The highest BCUT2D eigenvalue weighted by atomic mass is 16.2. The smallest absolute Gasteiger partial charge is 0.225 e. The minimum absolute atomic E-state index is 0.0589. The summed E-state index contributed by atoms with van der Waals surface area (Å²) in [6.45, 7) is 1.51. The van der Waals surface area contributed by atoms with E-state index in [1.165, 1.54) is 0 Å². The van der Waals surface area contributed by atoms with Gasteiger partial charge in [0.05, 0.1) is 18.7 Å². The van der Waals surface area contributed by atoms with Gasteiger partial charge in [0.25, 0.3) is 0 Å². The molecule has 1 aromatic heterocycles. The van der Waals surface area contributed by atoms with Gasteiger partial charge in [0.15, 0.2) is 0 Å². The maximum Gasteiger partial charge on any atom is 0.225 e. The number of hydrogen-bond acceptors (Lipinski definition) is 4. The molecular weight excluding hydrogens is 210 g/mol. The Kier molecular flexibility index (Phi) is 3.13. The van der Waals surface area contributed by atoms with Crippen LogP contribution in [-0.2, 0) is 16.1 Å². The zero-order valence-electron chi connectivity index (χ0n) is 8.72. The quantitative estimate of drug-likeness (QED) is 0.652. The van der Waals surface area contributed by atoms with Crippen LogP contribution in [0.15, 0.2) is 12.4 Å².